The van der Waals surface area contributed by atoms with Gasteiger partial charge in [0.25, 0.3) is 0 Å². The van der Waals surface area contributed by atoms with E-state index in [4.69, 9.17) is 15.2 Å². The Balaban J connectivity index is 1.75. The molecule has 3 rings (SSSR count). The first-order valence-electron chi connectivity index (χ1n) is 5.85. The summed E-state index contributed by atoms with van der Waals surface area (Å²) in [4.78, 5) is 8.48. The number of hydrogen-bond acceptors (Lipinski definition) is 6. The Morgan fingerprint density at radius 1 is 1.50 bits per heavy atom. The van der Waals surface area contributed by atoms with Gasteiger partial charge in [-0.1, -0.05) is 0 Å². The lowest BCUT2D eigenvalue weighted by atomic mass is 10.3. The van der Waals surface area contributed by atoms with Gasteiger partial charge in [-0.25, -0.2) is 9.97 Å². The second kappa shape index (κ2) is 4.79. The molecule has 3 heterocycles. The molecular formula is C11H15N5O2. The van der Waals surface area contributed by atoms with Crippen molar-refractivity contribution >= 4 is 17.3 Å². The number of aromatic nitrogens is 3. The number of rotatable bonds is 3. The minimum atomic E-state index is 0.0389. The van der Waals surface area contributed by atoms with Crippen molar-refractivity contribution in [3.63, 3.8) is 0 Å². The highest BCUT2D eigenvalue weighted by atomic mass is 16.6. The molecule has 0 spiro atoms. The van der Waals surface area contributed by atoms with Crippen LogP contribution in [0.3, 0.4) is 0 Å². The van der Waals surface area contributed by atoms with Gasteiger partial charge in [-0.2, -0.15) is 0 Å². The van der Waals surface area contributed by atoms with E-state index in [-0.39, 0.29) is 6.10 Å². The van der Waals surface area contributed by atoms with E-state index in [2.05, 4.69) is 15.3 Å². The first kappa shape index (κ1) is 11.2. The number of ether oxygens (including phenoxy) is 2. The molecule has 1 unspecified atom stereocenters. The van der Waals surface area contributed by atoms with Gasteiger partial charge in [-0.3, -0.25) is 0 Å². The van der Waals surface area contributed by atoms with Crippen molar-refractivity contribution in [1.82, 2.24) is 14.4 Å². The van der Waals surface area contributed by atoms with Crippen LogP contribution in [0.1, 0.15) is 0 Å². The second-order valence-electron chi connectivity index (χ2n) is 4.12. The Kier molecular flexibility index (Phi) is 2.99. The van der Waals surface area contributed by atoms with E-state index in [9.17, 15) is 0 Å². The molecule has 1 aliphatic rings. The van der Waals surface area contributed by atoms with Crippen LogP contribution in [0.15, 0.2) is 18.6 Å². The Morgan fingerprint density at radius 2 is 2.44 bits per heavy atom. The Hall–Kier alpha value is -1.86. The van der Waals surface area contributed by atoms with Crippen LogP contribution in [-0.4, -0.2) is 46.8 Å². The Morgan fingerprint density at radius 3 is 3.28 bits per heavy atom. The van der Waals surface area contributed by atoms with Gasteiger partial charge in [0, 0.05) is 18.9 Å². The summed E-state index contributed by atoms with van der Waals surface area (Å²) in [5, 5.41) is 3.20. The van der Waals surface area contributed by atoms with Crippen molar-refractivity contribution in [3.05, 3.63) is 18.6 Å². The average Bonchev–Trinajstić information content (AvgIpc) is 2.85. The zero-order valence-electron chi connectivity index (χ0n) is 9.87. The number of nitrogens with two attached hydrogens (primary N) is 1. The average molecular weight is 249 g/mol. The fraction of sp³-hybridized carbons (Fsp3) is 0.455. The van der Waals surface area contributed by atoms with Gasteiger partial charge in [0.2, 0.25) is 0 Å². The minimum absolute atomic E-state index is 0.0389. The monoisotopic (exact) mass is 249 g/mol. The molecule has 0 radical (unpaired) electrons. The normalized spacial score (nSPS) is 20.1. The van der Waals surface area contributed by atoms with E-state index in [0.29, 0.717) is 38.0 Å². The fourth-order valence-corrected chi connectivity index (χ4v) is 1.93. The van der Waals surface area contributed by atoms with Crippen LogP contribution in [0, 0.1) is 0 Å². The van der Waals surface area contributed by atoms with E-state index in [1.165, 1.54) is 0 Å². The molecular weight excluding hydrogens is 234 g/mol. The number of hydrogen-bond donors (Lipinski definition) is 2. The Labute approximate surface area is 104 Å². The van der Waals surface area contributed by atoms with Crippen LogP contribution in [-0.2, 0) is 9.47 Å². The molecule has 2 aromatic heterocycles. The third kappa shape index (κ3) is 2.22. The van der Waals surface area contributed by atoms with Crippen molar-refractivity contribution < 1.29 is 9.47 Å². The molecule has 7 nitrogen and oxygen atoms in total. The zero-order chi connectivity index (χ0) is 12.4. The highest BCUT2D eigenvalue weighted by Crippen LogP contribution is 2.15. The predicted octanol–water partition coefficient (Wildman–Crippen LogP) is 0.139. The van der Waals surface area contributed by atoms with Gasteiger partial charge >= 0.3 is 0 Å². The summed E-state index contributed by atoms with van der Waals surface area (Å²) in [5.74, 6) is 1.11. The van der Waals surface area contributed by atoms with Gasteiger partial charge in [-0.15, -0.1) is 0 Å². The van der Waals surface area contributed by atoms with Gasteiger partial charge in [-0.05, 0) is 0 Å². The summed E-state index contributed by atoms with van der Waals surface area (Å²) >= 11 is 0. The molecule has 96 valence electrons. The number of imidazole rings is 1. The first-order chi connectivity index (χ1) is 8.83. The first-order valence-corrected chi connectivity index (χ1v) is 5.85. The van der Waals surface area contributed by atoms with Crippen molar-refractivity contribution in [2.24, 2.45) is 0 Å². The van der Waals surface area contributed by atoms with E-state index in [0.717, 1.165) is 5.65 Å². The van der Waals surface area contributed by atoms with Crippen molar-refractivity contribution in [2.75, 3.05) is 37.4 Å². The number of nitrogens with zero attached hydrogens (tertiary/aromatic N) is 3. The van der Waals surface area contributed by atoms with Crippen molar-refractivity contribution in [3.8, 4) is 0 Å². The smallest absolute Gasteiger partial charge is 0.180 e. The molecule has 0 aliphatic carbocycles. The van der Waals surface area contributed by atoms with Gasteiger partial charge in [0.1, 0.15) is 5.82 Å². The SMILES string of the molecule is Nc1cn2ccnc2c(NCC2COCCO2)n1. The highest BCUT2D eigenvalue weighted by molar-refractivity contribution is 5.64. The number of nitrogen functional groups attached to an aromatic ring is 1. The summed E-state index contributed by atoms with van der Waals surface area (Å²) in [6.45, 7) is 2.52. The summed E-state index contributed by atoms with van der Waals surface area (Å²) in [5.41, 5.74) is 6.49. The molecule has 18 heavy (non-hydrogen) atoms. The summed E-state index contributed by atoms with van der Waals surface area (Å²) in [6, 6.07) is 0. The number of anilines is 2. The van der Waals surface area contributed by atoms with Gasteiger partial charge < -0.3 is 24.9 Å². The zero-order valence-corrected chi connectivity index (χ0v) is 9.87. The molecule has 0 aromatic carbocycles. The molecule has 1 fully saturated rings. The molecule has 1 atom stereocenters. The molecule has 0 saturated carbocycles. The van der Waals surface area contributed by atoms with Crippen LogP contribution in [0.4, 0.5) is 11.6 Å². The lowest BCUT2D eigenvalue weighted by molar-refractivity contribution is -0.0819. The molecule has 7 heteroatoms. The molecule has 0 amide bonds. The van der Waals surface area contributed by atoms with Crippen molar-refractivity contribution in [1.29, 1.82) is 0 Å². The fourth-order valence-electron chi connectivity index (χ4n) is 1.93. The van der Waals surface area contributed by atoms with E-state index >= 15 is 0 Å². The van der Waals surface area contributed by atoms with Gasteiger partial charge in [0.15, 0.2) is 11.5 Å². The van der Waals surface area contributed by atoms with Crippen LogP contribution < -0.4 is 11.1 Å². The van der Waals surface area contributed by atoms with Gasteiger partial charge in [0.05, 0.1) is 32.1 Å². The Bertz CT molecular complexity index is 535. The number of nitrogens with one attached hydrogen (secondary N) is 1. The third-order valence-corrected chi connectivity index (χ3v) is 2.77. The van der Waals surface area contributed by atoms with Crippen LogP contribution >= 0.6 is 0 Å². The van der Waals surface area contributed by atoms with E-state index in [1.807, 2.05) is 10.6 Å². The molecule has 3 N–H and O–H groups in total. The predicted molar refractivity (Wildman–Crippen MR) is 66.4 cm³/mol. The topological polar surface area (TPSA) is 86.7 Å². The molecule has 1 aliphatic heterocycles. The highest BCUT2D eigenvalue weighted by Gasteiger charge is 2.15. The van der Waals surface area contributed by atoms with E-state index < -0.39 is 0 Å². The summed E-state index contributed by atoms with van der Waals surface area (Å²) in [6.07, 6.45) is 5.31. The minimum Gasteiger partial charge on any atom is -0.382 e. The molecule has 0 bridgehead atoms. The third-order valence-electron chi connectivity index (χ3n) is 2.77. The second-order valence-corrected chi connectivity index (χ2v) is 4.12. The maximum atomic E-state index is 5.74. The summed E-state index contributed by atoms with van der Waals surface area (Å²) < 4.78 is 12.7. The lowest BCUT2D eigenvalue weighted by Crippen LogP contribution is -2.34. The lowest BCUT2D eigenvalue weighted by Gasteiger charge is -2.23. The summed E-state index contributed by atoms with van der Waals surface area (Å²) in [7, 11) is 0. The molecule has 1 saturated heterocycles. The standard InChI is InChI=1S/C11H15N5O2/c12-9-6-16-2-1-13-11(16)10(15-9)14-5-8-7-17-3-4-18-8/h1-2,6,8H,3-5,7,12H2,(H,14,15). The quantitative estimate of drug-likeness (QED) is 0.804. The molecule has 2 aromatic rings. The van der Waals surface area contributed by atoms with Crippen LogP contribution in [0.25, 0.3) is 5.65 Å². The van der Waals surface area contributed by atoms with Crippen LogP contribution in [0.5, 0.6) is 0 Å². The van der Waals surface area contributed by atoms with Crippen molar-refractivity contribution in [2.45, 2.75) is 6.10 Å². The van der Waals surface area contributed by atoms with Crippen LogP contribution in [0.2, 0.25) is 0 Å². The van der Waals surface area contributed by atoms with E-state index in [1.54, 1.807) is 12.4 Å². The maximum Gasteiger partial charge on any atom is 0.180 e. The number of fused-ring (bicyclic) bond motifs is 1. The maximum absolute atomic E-state index is 5.74. The largest absolute Gasteiger partial charge is 0.382 e.